The molecule has 0 unspecified atom stereocenters. The van der Waals surface area contributed by atoms with Crippen LogP contribution in [-0.2, 0) is 10.2 Å². The third-order valence-corrected chi connectivity index (χ3v) is 2.84. The number of carbonyl (C=O) groups is 1. The van der Waals surface area contributed by atoms with Crippen LogP contribution in [0.25, 0.3) is 6.08 Å². The smallest absolute Gasteiger partial charge is 0.264 e. The van der Waals surface area contributed by atoms with Gasteiger partial charge in [-0.3, -0.25) is 4.79 Å². The normalized spacial score (nSPS) is 11.9. The van der Waals surface area contributed by atoms with Gasteiger partial charge in [-0.05, 0) is 22.6 Å². The van der Waals surface area contributed by atoms with Crippen molar-refractivity contribution in [2.24, 2.45) is 0 Å². The summed E-state index contributed by atoms with van der Waals surface area (Å²) in [5.74, 6) is -0.276. The van der Waals surface area contributed by atoms with Crippen LogP contribution in [0.3, 0.4) is 0 Å². The van der Waals surface area contributed by atoms with Gasteiger partial charge in [-0.15, -0.1) is 0 Å². The fraction of sp³-hybridized carbons (Fsp3) is 0.375. The maximum Gasteiger partial charge on any atom is 0.264 e. The number of rotatable bonds is 2. The van der Waals surface area contributed by atoms with E-state index < -0.39 is 0 Å². The van der Waals surface area contributed by atoms with Crippen LogP contribution in [0, 0.1) is 11.3 Å². The van der Waals surface area contributed by atoms with E-state index in [2.05, 4.69) is 20.8 Å². The van der Waals surface area contributed by atoms with E-state index in [-0.39, 0.29) is 16.9 Å². The van der Waals surface area contributed by atoms with Gasteiger partial charge in [0.1, 0.15) is 11.6 Å². The van der Waals surface area contributed by atoms with Crippen molar-refractivity contribution in [3.63, 3.8) is 0 Å². The largest absolute Gasteiger partial charge is 0.344 e. The van der Waals surface area contributed by atoms with E-state index in [1.807, 2.05) is 30.3 Å². The second kappa shape index (κ2) is 5.71. The summed E-state index contributed by atoms with van der Waals surface area (Å²) in [6.45, 7) is 6.44. The predicted molar refractivity (Wildman–Crippen MR) is 77.4 cm³/mol. The Labute approximate surface area is 115 Å². The van der Waals surface area contributed by atoms with Gasteiger partial charge in [0.05, 0.1) is 0 Å². The summed E-state index contributed by atoms with van der Waals surface area (Å²) in [5, 5.41) is 9.02. The van der Waals surface area contributed by atoms with E-state index in [4.69, 9.17) is 5.26 Å². The highest BCUT2D eigenvalue weighted by Gasteiger charge is 2.14. The first-order valence-electron chi connectivity index (χ1n) is 6.19. The van der Waals surface area contributed by atoms with Gasteiger partial charge < -0.3 is 4.90 Å². The van der Waals surface area contributed by atoms with Crippen LogP contribution in [-0.4, -0.2) is 24.9 Å². The standard InChI is InChI=1S/C16H20N2O/c1-16(2,3)14-8-6-12(7-9-14)10-13(11-17)15(19)18(4)5/h6-10H,1-5H3/b13-10-. The van der Waals surface area contributed by atoms with Crippen LogP contribution in [0.15, 0.2) is 29.8 Å². The van der Waals surface area contributed by atoms with Crippen LogP contribution in [0.1, 0.15) is 31.9 Å². The molecule has 0 heterocycles. The molecule has 0 atom stereocenters. The molecule has 0 N–H and O–H groups in total. The van der Waals surface area contributed by atoms with Crippen molar-refractivity contribution >= 4 is 12.0 Å². The fourth-order valence-corrected chi connectivity index (χ4v) is 1.63. The fourth-order valence-electron chi connectivity index (χ4n) is 1.63. The average molecular weight is 256 g/mol. The molecule has 0 bridgehead atoms. The molecule has 3 heteroatoms. The van der Waals surface area contributed by atoms with E-state index in [9.17, 15) is 4.79 Å². The zero-order valence-electron chi connectivity index (χ0n) is 12.2. The van der Waals surface area contributed by atoms with Crippen LogP contribution in [0.2, 0.25) is 0 Å². The Morgan fingerprint density at radius 2 is 1.74 bits per heavy atom. The van der Waals surface area contributed by atoms with Crippen molar-refractivity contribution in [2.45, 2.75) is 26.2 Å². The molecule has 0 aliphatic rings. The Hall–Kier alpha value is -2.08. The van der Waals surface area contributed by atoms with Gasteiger partial charge in [-0.2, -0.15) is 5.26 Å². The molecule has 0 spiro atoms. The van der Waals surface area contributed by atoms with Gasteiger partial charge in [0.15, 0.2) is 0 Å². The molecule has 0 aliphatic heterocycles. The summed E-state index contributed by atoms with van der Waals surface area (Å²) in [6, 6.07) is 9.87. The number of hydrogen-bond acceptors (Lipinski definition) is 2. The van der Waals surface area contributed by atoms with Crippen molar-refractivity contribution in [2.75, 3.05) is 14.1 Å². The summed E-state index contributed by atoms with van der Waals surface area (Å²) in [4.78, 5) is 13.1. The van der Waals surface area contributed by atoms with Gasteiger partial charge in [0.2, 0.25) is 0 Å². The van der Waals surface area contributed by atoms with Gasteiger partial charge >= 0.3 is 0 Å². The van der Waals surface area contributed by atoms with Crippen LogP contribution < -0.4 is 0 Å². The number of carbonyl (C=O) groups excluding carboxylic acids is 1. The molecule has 0 saturated carbocycles. The van der Waals surface area contributed by atoms with Gasteiger partial charge in [-0.25, -0.2) is 0 Å². The Balaban J connectivity index is 3.05. The molecule has 0 aromatic heterocycles. The Bertz CT molecular complexity index is 525. The summed E-state index contributed by atoms with van der Waals surface area (Å²) >= 11 is 0. The minimum atomic E-state index is -0.276. The highest BCUT2D eigenvalue weighted by molar-refractivity contribution is 6.01. The van der Waals surface area contributed by atoms with E-state index in [0.717, 1.165) is 5.56 Å². The first-order chi connectivity index (χ1) is 8.75. The SMILES string of the molecule is CN(C)C(=O)/C(C#N)=C\c1ccc(C(C)(C)C)cc1. The number of benzene rings is 1. The maximum absolute atomic E-state index is 11.7. The Kier molecular flexibility index (Phi) is 4.50. The van der Waals surface area contributed by atoms with Crippen molar-refractivity contribution in [1.82, 2.24) is 4.90 Å². The minimum absolute atomic E-state index is 0.0970. The summed E-state index contributed by atoms with van der Waals surface area (Å²) in [6.07, 6.45) is 1.62. The molecule has 3 nitrogen and oxygen atoms in total. The lowest BCUT2D eigenvalue weighted by Crippen LogP contribution is -2.22. The van der Waals surface area contributed by atoms with Gasteiger partial charge in [0, 0.05) is 14.1 Å². The molecular weight excluding hydrogens is 236 g/mol. The second-order valence-electron chi connectivity index (χ2n) is 5.74. The van der Waals surface area contributed by atoms with Crippen LogP contribution >= 0.6 is 0 Å². The highest BCUT2D eigenvalue weighted by atomic mass is 16.2. The maximum atomic E-state index is 11.7. The molecule has 1 aromatic rings. The first-order valence-corrected chi connectivity index (χ1v) is 6.19. The van der Waals surface area contributed by atoms with Crippen LogP contribution in [0.4, 0.5) is 0 Å². The van der Waals surface area contributed by atoms with Gasteiger partial charge in [0.25, 0.3) is 5.91 Å². The van der Waals surface area contributed by atoms with Crippen molar-refractivity contribution in [3.8, 4) is 6.07 Å². The lowest BCUT2D eigenvalue weighted by Gasteiger charge is -2.18. The number of hydrogen-bond donors (Lipinski definition) is 0. The first kappa shape index (κ1) is 15.0. The Morgan fingerprint density at radius 3 is 2.11 bits per heavy atom. The molecule has 0 radical (unpaired) electrons. The topological polar surface area (TPSA) is 44.1 Å². The third-order valence-electron chi connectivity index (χ3n) is 2.84. The molecule has 100 valence electrons. The number of amides is 1. The van der Waals surface area contributed by atoms with Gasteiger partial charge in [-0.1, -0.05) is 45.0 Å². The summed E-state index contributed by atoms with van der Waals surface area (Å²) in [7, 11) is 3.27. The van der Waals surface area contributed by atoms with Crippen molar-refractivity contribution in [1.29, 1.82) is 5.26 Å². The number of likely N-dealkylation sites (N-methyl/N-ethyl adjacent to an activating group) is 1. The molecule has 0 saturated heterocycles. The lowest BCUT2D eigenvalue weighted by molar-refractivity contribution is -0.124. The predicted octanol–water partition coefficient (Wildman–Crippen LogP) is 2.98. The van der Waals surface area contributed by atoms with Crippen molar-refractivity contribution in [3.05, 3.63) is 41.0 Å². The monoisotopic (exact) mass is 256 g/mol. The zero-order chi connectivity index (χ0) is 14.6. The minimum Gasteiger partial charge on any atom is -0.344 e. The quantitative estimate of drug-likeness (QED) is 0.603. The molecule has 19 heavy (non-hydrogen) atoms. The molecular formula is C16H20N2O. The molecule has 1 amide bonds. The summed E-state index contributed by atoms with van der Waals surface area (Å²) < 4.78 is 0. The highest BCUT2D eigenvalue weighted by Crippen LogP contribution is 2.22. The number of nitrogens with zero attached hydrogens (tertiary/aromatic N) is 2. The van der Waals surface area contributed by atoms with E-state index in [1.165, 1.54) is 10.5 Å². The number of nitriles is 1. The Morgan fingerprint density at radius 1 is 1.21 bits per heavy atom. The van der Waals surface area contributed by atoms with E-state index >= 15 is 0 Å². The van der Waals surface area contributed by atoms with E-state index in [0.29, 0.717) is 0 Å². The molecule has 1 aromatic carbocycles. The second-order valence-corrected chi connectivity index (χ2v) is 5.74. The average Bonchev–Trinajstić information content (AvgIpc) is 2.34. The summed E-state index contributed by atoms with van der Waals surface area (Å²) in [5.41, 5.74) is 2.33. The van der Waals surface area contributed by atoms with Crippen molar-refractivity contribution < 1.29 is 4.79 Å². The lowest BCUT2D eigenvalue weighted by atomic mass is 9.86. The molecule has 0 aliphatic carbocycles. The van der Waals surface area contributed by atoms with E-state index in [1.54, 1.807) is 20.2 Å². The third kappa shape index (κ3) is 3.96. The van der Waals surface area contributed by atoms with Crippen LogP contribution in [0.5, 0.6) is 0 Å². The molecule has 0 fully saturated rings. The molecule has 1 rings (SSSR count). The zero-order valence-corrected chi connectivity index (χ0v) is 12.2.